The molecule has 0 aliphatic carbocycles. The summed E-state index contributed by atoms with van der Waals surface area (Å²) in [6.45, 7) is 9.37. The molecule has 5 rings (SSSR count). The quantitative estimate of drug-likeness (QED) is 0.609. The van der Waals surface area contributed by atoms with Gasteiger partial charge in [-0.15, -0.1) is 0 Å². The van der Waals surface area contributed by atoms with Gasteiger partial charge in [0.2, 0.25) is 5.91 Å². The van der Waals surface area contributed by atoms with Crippen molar-refractivity contribution in [1.29, 1.82) is 0 Å². The van der Waals surface area contributed by atoms with E-state index in [1.165, 1.54) is 5.56 Å². The number of benzene rings is 2. The molecule has 0 saturated carbocycles. The number of piperazine rings is 1. The summed E-state index contributed by atoms with van der Waals surface area (Å²) >= 11 is 0. The van der Waals surface area contributed by atoms with Crippen molar-refractivity contribution in [3.63, 3.8) is 0 Å². The molecule has 2 aromatic rings. The van der Waals surface area contributed by atoms with Gasteiger partial charge in [0.1, 0.15) is 6.04 Å². The molecular formula is C29H34N4O3. The second-order valence-corrected chi connectivity index (χ2v) is 10.3. The molecule has 0 aromatic heterocycles. The van der Waals surface area contributed by atoms with Crippen LogP contribution in [-0.2, 0) is 24.3 Å². The van der Waals surface area contributed by atoms with Crippen molar-refractivity contribution >= 4 is 17.6 Å². The second kappa shape index (κ2) is 10.4. The fraction of sp³-hybridized carbons (Fsp3) is 0.414. The van der Waals surface area contributed by atoms with Gasteiger partial charge in [-0.05, 0) is 55.1 Å². The Hall–Kier alpha value is -3.29. The number of nitrogens with one attached hydrogen (secondary N) is 1. The molecule has 2 fully saturated rings. The van der Waals surface area contributed by atoms with Crippen molar-refractivity contribution in [3.05, 3.63) is 82.6 Å². The SMILES string of the molecule is C=C1CCC(N2Cc3cc(CCC(=O)c4cccc(CN5CCN(C)CC5)c4)ccc3C2=O)C(=O)N1. The molecule has 188 valence electrons. The van der Waals surface area contributed by atoms with E-state index in [1.807, 2.05) is 36.4 Å². The summed E-state index contributed by atoms with van der Waals surface area (Å²) in [5, 5.41) is 2.77. The lowest BCUT2D eigenvalue weighted by Crippen LogP contribution is -2.49. The molecule has 1 atom stereocenters. The number of carbonyl (C=O) groups excluding carboxylic acids is 3. The summed E-state index contributed by atoms with van der Waals surface area (Å²) < 4.78 is 0. The van der Waals surface area contributed by atoms with Gasteiger partial charge in [0.15, 0.2) is 5.78 Å². The number of hydrogen-bond acceptors (Lipinski definition) is 5. The summed E-state index contributed by atoms with van der Waals surface area (Å²) in [6.07, 6.45) is 2.31. The van der Waals surface area contributed by atoms with Crippen LogP contribution in [0.15, 0.2) is 54.7 Å². The summed E-state index contributed by atoms with van der Waals surface area (Å²) in [5.41, 5.74) is 5.25. The number of hydrogen-bond donors (Lipinski definition) is 1. The first kappa shape index (κ1) is 24.4. The summed E-state index contributed by atoms with van der Waals surface area (Å²) in [6, 6.07) is 13.3. The van der Waals surface area contributed by atoms with Crippen molar-refractivity contribution in [1.82, 2.24) is 20.0 Å². The topological polar surface area (TPSA) is 73.0 Å². The predicted octanol–water partition coefficient (Wildman–Crippen LogP) is 3.00. The van der Waals surface area contributed by atoms with Crippen LogP contribution in [0.2, 0.25) is 0 Å². The molecule has 36 heavy (non-hydrogen) atoms. The third-order valence-corrected chi connectivity index (χ3v) is 7.59. The van der Waals surface area contributed by atoms with Crippen LogP contribution >= 0.6 is 0 Å². The Labute approximate surface area is 212 Å². The van der Waals surface area contributed by atoms with Crippen molar-refractivity contribution in [3.8, 4) is 0 Å². The van der Waals surface area contributed by atoms with Crippen LogP contribution in [0.3, 0.4) is 0 Å². The van der Waals surface area contributed by atoms with Crippen LogP contribution in [0, 0.1) is 0 Å². The number of likely N-dealkylation sites (N-methyl/N-ethyl adjacent to an activating group) is 1. The van der Waals surface area contributed by atoms with E-state index in [2.05, 4.69) is 34.8 Å². The van der Waals surface area contributed by atoms with Crippen molar-refractivity contribution in [2.45, 2.75) is 44.8 Å². The van der Waals surface area contributed by atoms with Crippen LogP contribution in [0.25, 0.3) is 0 Å². The number of ketones is 1. The van der Waals surface area contributed by atoms with Crippen molar-refractivity contribution in [2.75, 3.05) is 33.2 Å². The molecule has 0 bridgehead atoms. The fourth-order valence-electron chi connectivity index (χ4n) is 5.37. The highest BCUT2D eigenvalue weighted by atomic mass is 16.2. The lowest BCUT2D eigenvalue weighted by Gasteiger charge is -2.32. The average Bonchev–Trinajstić information content (AvgIpc) is 3.19. The van der Waals surface area contributed by atoms with Crippen LogP contribution in [0.4, 0.5) is 0 Å². The van der Waals surface area contributed by atoms with E-state index >= 15 is 0 Å². The number of rotatable bonds is 7. The molecule has 7 nitrogen and oxygen atoms in total. The Bertz CT molecular complexity index is 1200. The highest BCUT2D eigenvalue weighted by molar-refractivity contribution is 6.01. The maximum atomic E-state index is 13.0. The molecule has 3 aliphatic heterocycles. The van der Waals surface area contributed by atoms with Gasteiger partial charge >= 0.3 is 0 Å². The summed E-state index contributed by atoms with van der Waals surface area (Å²) in [4.78, 5) is 44.8. The lowest BCUT2D eigenvalue weighted by molar-refractivity contribution is -0.126. The average molecular weight is 487 g/mol. The first-order valence-corrected chi connectivity index (χ1v) is 12.8. The number of Topliss-reactive ketones (excluding diaryl/α,β-unsaturated/α-hetero) is 1. The van der Waals surface area contributed by atoms with E-state index in [1.54, 1.807) is 4.90 Å². The number of piperidine rings is 1. The summed E-state index contributed by atoms with van der Waals surface area (Å²) in [5.74, 6) is -0.127. The van der Waals surface area contributed by atoms with Gasteiger partial charge in [0, 0.05) is 62.5 Å². The first-order valence-electron chi connectivity index (χ1n) is 12.8. The van der Waals surface area contributed by atoms with Crippen LogP contribution in [0.5, 0.6) is 0 Å². The fourth-order valence-corrected chi connectivity index (χ4v) is 5.37. The smallest absolute Gasteiger partial charge is 0.255 e. The molecule has 1 unspecified atom stereocenters. The van der Waals surface area contributed by atoms with Gasteiger partial charge in [-0.1, -0.05) is 36.9 Å². The maximum absolute atomic E-state index is 13.0. The van der Waals surface area contributed by atoms with Gasteiger partial charge in [-0.2, -0.15) is 0 Å². The van der Waals surface area contributed by atoms with Crippen LogP contribution in [-0.4, -0.2) is 71.6 Å². The molecule has 2 aromatic carbocycles. The zero-order valence-electron chi connectivity index (χ0n) is 21.0. The van der Waals surface area contributed by atoms with E-state index in [0.717, 1.165) is 49.4 Å². The third-order valence-electron chi connectivity index (χ3n) is 7.59. The molecular weight excluding hydrogens is 452 g/mol. The van der Waals surface area contributed by atoms with E-state index in [4.69, 9.17) is 0 Å². The van der Waals surface area contributed by atoms with Gasteiger partial charge in [-0.3, -0.25) is 19.3 Å². The molecule has 3 aliphatic rings. The van der Waals surface area contributed by atoms with Crippen LogP contribution in [0.1, 0.15) is 56.7 Å². The Morgan fingerprint density at radius 1 is 1.06 bits per heavy atom. The minimum atomic E-state index is -0.460. The van der Waals surface area contributed by atoms with Gasteiger partial charge in [0.25, 0.3) is 5.91 Å². The lowest BCUT2D eigenvalue weighted by atomic mass is 9.99. The van der Waals surface area contributed by atoms with Gasteiger partial charge in [0.05, 0.1) is 0 Å². The number of amides is 2. The molecule has 7 heteroatoms. The van der Waals surface area contributed by atoms with E-state index in [9.17, 15) is 14.4 Å². The molecule has 2 amide bonds. The Morgan fingerprint density at radius 2 is 1.86 bits per heavy atom. The number of fused-ring (bicyclic) bond motifs is 1. The minimum Gasteiger partial charge on any atom is -0.329 e. The van der Waals surface area contributed by atoms with Gasteiger partial charge in [-0.25, -0.2) is 0 Å². The number of allylic oxidation sites excluding steroid dienone is 1. The number of nitrogens with zero attached hydrogens (tertiary/aromatic N) is 3. The number of aryl methyl sites for hydroxylation is 1. The predicted molar refractivity (Wildman–Crippen MR) is 138 cm³/mol. The maximum Gasteiger partial charge on any atom is 0.255 e. The van der Waals surface area contributed by atoms with Crippen molar-refractivity contribution < 1.29 is 14.4 Å². The molecule has 1 N–H and O–H groups in total. The Morgan fingerprint density at radius 3 is 2.64 bits per heavy atom. The summed E-state index contributed by atoms with van der Waals surface area (Å²) in [7, 11) is 2.15. The van der Waals surface area contributed by atoms with Crippen molar-refractivity contribution in [2.24, 2.45) is 0 Å². The molecule has 3 heterocycles. The normalized spacial score (nSPS) is 21.0. The van der Waals surface area contributed by atoms with Crippen LogP contribution < -0.4 is 5.32 Å². The highest BCUT2D eigenvalue weighted by Gasteiger charge is 2.38. The molecule has 0 spiro atoms. The third kappa shape index (κ3) is 5.27. The first-order chi connectivity index (χ1) is 17.4. The molecule has 2 saturated heterocycles. The zero-order chi connectivity index (χ0) is 25.2. The Balaban J connectivity index is 1.19. The highest BCUT2D eigenvalue weighted by Crippen LogP contribution is 2.29. The Kier molecular flexibility index (Phi) is 7.03. The van der Waals surface area contributed by atoms with E-state index in [-0.39, 0.29) is 17.6 Å². The second-order valence-electron chi connectivity index (χ2n) is 10.3. The molecule has 0 radical (unpaired) electrons. The van der Waals surface area contributed by atoms with E-state index < -0.39 is 6.04 Å². The largest absolute Gasteiger partial charge is 0.329 e. The monoisotopic (exact) mass is 486 g/mol. The van der Waals surface area contributed by atoms with Gasteiger partial charge < -0.3 is 15.1 Å². The van der Waals surface area contributed by atoms with E-state index in [0.29, 0.717) is 43.5 Å². The minimum absolute atomic E-state index is 0.0996. The number of carbonyl (C=O) groups is 3. The standard InChI is InChI=1S/C29H34N4O3/c1-20-6-10-26(28(35)30-20)33-19-24-16-21(7-9-25(24)29(33)36)8-11-27(34)23-5-3-4-22(17-23)18-32-14-12-31(2)13-15-32/h3-5,7,9,16-17,26H,1,6,8,10-15,18-19H2,2H3,(H,30,35). The zero-order valence-corrected chi connectivity index (χ0v) is 21.0.